The zero-order valence-electron chi connectivity index (χ0n) is 11.0. The fraction of sp³-hybridized carbons (Fsp3) is 0.462. The van der Waals surface area contributed by atoms with E-state index in [-0.39, 0.29) is 6.54 Å². The molecule has 1 saturated heterocycles. The van der Waals surface area contributed by atoms with Crippen LogP contribution in [0, 0.1) is 0 Å². The van der Waals surface area contributed by atoms with Crippen molar-refractivity contribution in [1.29, 1.82) is 0 Å². The summed E-state index contributed by atoms with van der Waals surface area (Å²) in [5.41, 5.74) is -0.555. The Labute approximate surface area is 116 Å². The number of nitrogens with zero attached hydrogens (tertiary/aromatic N) is 1. The molecule has 7 heteroatoms. The van der Waals surface area contributed by atoms with Crippen LogP contribution in [0.1, 0.15) is 12.8 Å². The van der Waals surface area contributed by atoms with E-state index in [1.807, 2.05) is 0 Å². The number of anilines is 1. The largest absolute Gasteiger partial charge is 0.388 e. The molecule has 0 spiro atoms. The van der Waals surface area contributed by atoms with E-state index in [0.29, 0.717) is 31.7 Å². The second-order valence-electron chi connectivity index (χ2n) is 4.72. The Morgan fingerprint density at radius 3 is 2.75 bits per heavy atom. The number of amides is 2. The first kappa shape index (κ1) is 14.4. The lowest BCUT2D eigenvalue weighted by Crippen LogP contribution is -2.48. The van der Waals surface area contributed by atoms with E-state index in [0.717, 1.165) is 0 Å². The molecule has 2 heterocycles. The Morgan fingerprint density at radius 1 is 1.35 bits per heavy atom. The van der Waals surface area contributed by atoms with Gasteiger partial charge >= 0.3 is 11.8 Å². The van der Waals surface area contributed by atoms with E-state index in [4.69, 9.17) is 4.74 Å². The molecule has 0 aliphatic carbocycles. The standard InChI is InChI=1S/C13H17N3O4/c17-11(12(18)16-10-2-1-5-14-8-10)15-9-13(19)3-6-20-7-4-13/h1-2,5,8,19H,3-4,6-7,9H2,(H,15,17)(H,16,18). The van der Waals surface area contributed by atoms with Crippen molar-refractivity contribution in [1.82, 2.24) is 10.3 Å². The van der Waals surface area contributed by atoms with Crippen molar-refractivity contribution in [2.45, 2.75) is 18.4 Å². The summed E-state index contributed by atoms with van der Waals surface area (Å²) < 4.78 is 5.14. The average Bonchev–Trinajstić information content (AvgIpc) is 2.46. The highest BCUT2D eigenvalue weighted by Gasteiger charge is 2.30. The molecule has 1 aliphatic rings. The number of ether oxygens (including phenoxy) is 1. The molecule has 1 aromatic rings. The molecule has 0 saturated carbocycles. The van der Waals surface area contributed by atoms with E-state index >= 15 is 0 Å². The summed E-state index contributed by atoms with van der Waals surface area (Å²) in [4.78, 5) is 27.1. The molecule has 0 atom stereocenters. The van der Waals surface area contributed by atoms with E-state index in [1.165, 1.54) is 6.20 Å². The van der Waals surface area contributed by atoms with Gasteiger partial charge in [0.05, 0.1) is 17.5 Å². The molecular formula is C13H17N3O4. The highest BCUT2D eigenvalue weighted by molar-refractivity contribution is 6.39. The Hall–Kier alpha value is -1.99. The third-order valence-electron chi connectivity index (χ3n) is 3.13. The number of pyridine rings is 1. The number of hydrogen-bond donors (Lipinski definition) is 3. The summed E-state index contributed by atoms with van der Waals surface area (Å²) in [6.45, 7) is 0.943. The average molecular weight is 279 g/mol. The first-order valence-electron chi connectivity index (χ1n) is 6.38. The van der Waals surface area contributed by atoms with Crippen molar-refractivity contribution in [2.75, 3.05) is 25.1 Å². The molecule has 2 amide bonds. The summed E-state index contributed by atoms with van der Waals surface area (Å²) >= 11 is 0. The highest BCUT2D eigenvalue weighted by atomic mass is 16.5. The van der Waals surface area contributed by atoms with Gasteiger partial charge in [-0.3, -0.25) is 14.6 Å². The number of hydrogen-bond acceptors (Lipinski definition) is 5. The second kappa shape index (κ2) is 6.44. The van der Waals surface area contributed by atoms with Crippen LogP contribution in [0.3, 0.4) is 0 Å². The minimum atomic E-state index is -0.998. The summed E-state index contributed by atoms with van der Waals surface area (Å²) in [6, 6.07) is 3.28. The lowest BCUT2D eigenvalue weighted by atomic mass is 9.94. The summed E-state index contributed by atoms with van der Waals surface area (Å²) in [6.07, 6.45) is 3.89. The normalized spacial score (nSPS) is 17.2. The number of aliphatic hydroxyl groups is 1. The monoisotopic (exact) mass is 279 g/mol. The van der Waals surface area contributed by atoms with Gasteiger partial charge in [-0.2, -0.15) is 0 Å². The molecule has 1 aliphatic heterocycles. The van der Waals surface area contributed by atoms with Crippen LogP contribution in [0.25, 0.3) is 0 Å². The molecule has 0 radical (unpaired) electrons. The third kappa shape index (κ3) is 4.01. The van der Waals surface area contributed by atoms with E-state index in [1.54, 1.807) is 18.3 Å². The Kier molecular flexibility index (Phi) is 4.65. The number of carbonyl (C=O) groups is 2. The Bertz CT molecular complexity index is 472. The van der Waals surface area contributed by atoms with Gasteiger partial charge in [0, 0.05) is 38.8 Å². The summed E-state index contributed by atoms with van der Waals surface area (Å²) in [7, 11) is 0. The maximum absolute atomic E-state index is 11.6. The summed E-state index contributed by atoms with van der Waals surface area (Å²) in [5.74, 6) is -1.57. The maximum Gasteiger partial charge on any atom is 0.313 e. The predicted molar refractivity (Wildman–Crippen MR) is 70.9 cm³/mol. The van der Waals surface area contributed by atoms with Gasteiger partial charge in [0.1, 0.15) is 0 Å². The minimum absolute atomic E-state index is 0.0374. The molecule has 1 aromatic heterocycles. The zero-order valence-corrected chi connectivity index (χ0v) is 11.0. The van der Waals surface area contributed by atoms with E-state index in [2.05, 4.69) is 15.6 Å². The Morgan fingerprint density at radius 2 is 2.10 bits per heavy atom. The van der Waals surface area contributed by atoms with Crippen LogP contribution in [-0.4, -0.2) is 47.3 Å². The van der Waals surface area contributed by atoms with Crippen LogP contribution in [0.15, 0.2) is 24.5 Å². The number of carbonyl (C=O) groups excluding carboxylic acids is 2. The van der Waals surface area contributed by atoms with Gasteiger partial charge in [0.2, 0.25) is 0 Å². The lowest BCUT2D eigenvalue weighted by molar-refractivity contribution is -0.137. The zero-order chi connectivity index (χ0) is 14.4. The van der Waals surface area contributed by atoms with Gasteiger partial charge in [-0.15, -0.1) is 0 Å². The topological polar surface area (TPSA) is 101 Å². The molecule has 3 N–H and O–H groups in total. The van der Waals surface area contributed by atoms with Crippen LogP contribution in [0.2, 0.25) is 0 Å². The van der Waals surface area contributed by atoms with Crippen molar-refractivity contribution in [3.05, 3.63) is 24.5 Å². The summed E-state index contributed by atoms with van der Waals surface area (Å²) in [5, 5.41) is 15.0. The molecule has 1 fully saturated rings. The van der Waals surface area contributed by atoms with Gasteiger partial charge in [-0.05, 0) is 12.1 Å². The molecule has 2 rings (SSSR count). The molecule has 108 valence electrons. The van der Waals surface area contributed by atoms with E-state index in [9.17, 15) is 14.7 Å². The van der Waals surface area contributed by atoms with Crippen molar-refractivity contribution in [3.8, 4) is 0 Å². The van der Waals surface area contributed by atoms with Crippen LogP contribution >= 0.6 is 0 Å². The first-order valence-corrected chi connectivity index (χ1v) is 6.38. The Balaban J connectivity index is 1.81. The van der Waals surface area contributed by atoms with Crippen LogP contribution in [0.4, 0.5) is 5.69 Å². The fourth-order valence-electron chi connectivity index (χ4n) is 1.88. The second-order valence-corrected chi connectivity index (χ2v) is 4.72. The van der Waals surface area contributed by atoms with Crippen LogP contribution < -0.4 is 10.6 Å². The number of rotatable bonds is 3. The van der Waals surface area contributed by atoms with Crippen LogP contribution in [-0.2, 0) is 14.3 Å². The molecular weight excluding hydrogens is 262 g/mol. The van der Waals surface area contributed by atoms with Crippen LogP contribution in [0.5, 0.6) is 0 Å². The van der Waals surface area contributed by atoms with Crippen molar-refractivity contribution in [2.24, 2.45) is 0 Å². The predicted octanol–water partition coefficient (Wildman–Crippen LogP) is -0.322. The van der Waals surface area contributed by atoms with Gasteiger partial charge in [-0.1, -0.05) is 0 Å². The van der Waals surface area contributed by atoms with E-state index < -0.39 is 17.4 Å². The molecule has 0 aromatic carbocycles. The maximum atomic E-state index is 11.6. The fourth-order valence-corrected chi connectivity index (χ4v) is 1.88. The number of aromatic nitrogens is 1. The smallest absolute Gasteiger partial charge is 0.313 e. The van der Waals surface area contributed by atoms with Gasteiger partial charge in [0.15, 0.2) is 0 Å². The molecule has 20 heavy (non-hydrogen) atoms. The SMILES string of the molecule is O=C(NCC1(O)CCOCC1)C(=O)Nc1cccnc1. The van der Waals surface area contributed by atoms with Crippen molar-refractivity contribution >= 4 is 17.5 Å². The highest BCUT2D eigenvalue weighted by Crippen LogP contribution is 2.19. The van der Waals surface area contributed by atoms with Gasteiger partial charge < -0.3 is 20.5 Å². The van der Waals surface area contributed by atoms with Crippen molar-refractivity contribution in [3.63, 3.8) is 0 Å². The minimum Gasteiger partial charge on any atom is -0.388 e. The third-order valence-corrected chi connectivity index (χ3v) is 3.13. The molecule has 0 unspecified atom stereocenters. The van der Waals surface area contributed by atoms with Gasteiger partial charge in [0.25, 0.3) is 0 Å². The number of nitrogens with one attached hydrogen (secondary N) is 2. The molecule has 0 bridgehead atoms. The first-order chi connectivity index (χ1) is 9.59. The van der Waals surface area contributed by atoms with Gasteiger partial charge in [-0.25, -0.2) is 0 Å². The quantitative estimate of drug-likeness (QED) is 0.658. The lowest BCUT2D eigenvalue weighted by Gasteiger charge is -2.31. The molecule has 7 nitrogen and oxygen atoms in total. The van der Waals surface area contributed by atoms with Crippen molar-refractivity contribution < 1.29 is 19.4 Å².